The van der Waals surface area contributed by atoms with E-state index in [0.717, 1.165) is 11.5 Å². The van der Waals surface area contributed by atoms with Crippen molar-refractivity contribution in [1.82, 2.24) is 5.16 Å². The van der Waals surface area contributed by atoms with Crippen molar-refractivity contribution >= 4 is 5.97 Å². The summed E-state index contributed by atoms with van der Waals surface area (Å²) >= 11 is 0. The second kappa shape index (κ2) is 2.59. The Morgan fingerprint density at radius 2 is 2.29 bits per heavy atom. The molecule has 0 aromatic carbocycles. The third kappa shape index (κ3) is 1.14. The summed E-state index contributed by atoms with van der Waals surface area (Å²) in [6.45, 7) is 5.70. The Morgan fingerprint density at radius 3 is 2.64 bits per heavy atom. The van der Waals surface area contributed by atoms with Crippen LogP contribution in [0.3, 0.4) is 0 Å². The lowest BCUT2D eigenvalue weighted by molar-refractivity contribution is -0.139. The van der Waals surface area contributed by atoms with E-state index in [1.165, 1.54) is 0 Å². The van der Waals surface area contributed by atoms with E-state index in [0.29, 0.717) is 0 Å². The van der Waals surface area contributed by atoms with Crippen LogP contribution >= 0.6 is 0 Å². The lowest BCUT2D eigenvalue weighted by atomic mass is 10.1. The van der Waals surface area contributed by atoms with Crippen LogP contribution in [0.4, 0.5) is 0 Å². The number of hydrogen-bond donors (Lipinski definition) is 1. The fourth-order valence-electron chi connectivity index (χ4n) is 2.18. The maximum absolute atomic E-state index is 10.9. The molecule has 1 aliphatic carbocycles. The highest BCUT2D eigenvalue weighted by atomic mass is 16.5. The standard InChI is InChI=1S/C10H13NO3/c1-5-4-6(11-14-5)7-8(9(12)13)10(7,2)3/h4,7-8H,1-3H3,(H,12,13)/t7-,8+/m1/s1. The van der Waals surface area contributed by atoms with Crippen LogP contribution in [0.25, 0.3) is 0 Å². The van der Waals surface area contributed by atoms with Crippen molar-refractivity contribution in [2.24, 2.45) is 11.3 Å². The third-order valence-electron chi connectivity index (χ3n) is 3.06. The number of carboxylic acid groups (broad SMARTS) is 1. The first-order valence-electron chi connectivity index (χ1n) is 4.60. The molecular formula is C10H13NO3. The Hall–Kier alpha value is -1.32. The first kappa shape index (κ1) is 9.24. The van der Waals surface area contributed by atoms with Gasteiger partial charge in [-0.05, 0) is 12.3 Å². The molecule has 76 valence electrons. The first-order chi connectivity index (χ1) is 6.44. The van der Waals surface area contributed by atoms with Crippen LogP contribution in [0.5, 0.6) is 0 Å². The van der Waals surface area contributed by atoms with Crippen molar-refractivity contribution in [3.63, 3.8) is 0 Å². The highest BCUT2D eigenvalue weighted by Crippen LogP contribution is 2.64. The van der Waals surface area contributed by atoms with E-state index < -0.39 is 5.97 Å². The number of aryl methyl sites for hydroxylation is 1. The number of hydrogen-bond acceptors (Lipinski definition) is 3. The van der Waals surface area contributed by atoms with E-state index in [4.69, 9.17) is 9.63 Å². The number of aromatic nitrogens is 1. The summed E-state index contributed by atoms with van der Waals surface area (Å²) in [5, 5.41) is 12.8. The smallest absolute Gasteiger partial charge is 0.307 e. The number of carbonyl (C=O) groups is 1. The Morgan fingerprint density at radius 1 is 1.64 bits per heavy atom. The molecule has 0 unspecified atom stereocenters. The fraction of sp³-hybridized carbons (Fsp3) is 0.600. The summed E-state index contributed by atoms with van der Waals surface area (Å²) < 4.78 is 4.94. The second-order valence-corrected chi connectivity index (χ2v) is 4.48. The molecule has 1 aliphatic rings. The minimum absolute atomic E-state index is 0.00236. The summed E-state index contributed by atoms with van der Waals surface area (Å²) in [4.78, 5) is 10.9. The molecule has 1 N–H and O–H groups in total. The van der Waals surface area contributed by atoms with E-state index in [2.05, 4.69) is 5.16 Å². The normalized spacial score (nSPS) is 28.8. The predicted molar refractivity (Wildman–Crippen MR) is 48.9 cm³/mol. The van der Waals surface area contributed by atoms with Crippen molar-refractivity contribution in [1.29, 1.82) is 0 Å². The van der Waals surface area contributed by atoms with Crippen molar-refractivity contribution < 1.29 is 14.4 Å². The molecule has 2 atom stereocenters. The van der Waals surface area contributed by atoms with Gasteiger partial charge in [-0.2, -0.15) is 0 Å². The molecule has 1 fully saturated rings. The molecule has 4 heteroatoms. The zero-order valence-corrected chi connectivity index (χ0v) is 8.44. The van der Waals surface area contributed by atoms with Crippen LogP contribution < -0.4 is 0 Å². The Labute approximate surface area is 81.9 Å². The van der Waals surface area contributed by atoms with Gasteiger partial charge >= 0.3 is 5.97 Å². The van der Waals surface area contributed by atoms with Gasteiger partial charge < -0.3 is 9.63 Å². The average molecular weight is 195 g/mol. The number of carboxylic acids is 1. The summed E-state index contributed by atoms with van der Waals surface area (Å²) in [5.74, 6) is -0.350. The second-order valence-electron chi connectivity index (χ2n) is 4.48. The molecule has 0 spiro atoms. The quantitative estimate of drug-likeness (QED) is 0.781. The fourth-order valence-corrected chi connectivity index (χ4v) is 2.18. The van der Waals surface area contributed by atoms with Gasteiger partial charge in [-0.1, -0.05) is 19.0 Å². The van der Waals surface area contributed by atoms with Gasteiger partial charge in [-0.15, -0.1) is 0 Å². The molecule has 0 radical (unpaired) electrons. The Balaban J connectivity index is 2.27. The molecule has 1 aromatic rings. The zero-order chi connectivity index (χ0) is 10.5. The number of rotatable bonds is 2. The van der Waals surface area contributed by atoms with Gasteiger partial charge in [0.25, 0.3) is 0 Å². The molecule has 1 saturated carbocycles. The molecule has 0 amide bonds. The summed E-state index contributed by atoms with van der Waals surface area (Å²) in [6.07, 6.45) is 0. The van der Waals surface area contributed by atoms with Crippen molar-refractivity contribution in [2.75, 3.05) is 0 Å². The summed E-state index contributed by atoms with van der Waals surface area (Å²) in [5.41, 5.74) is 0.565. The molecule has 4 nitrogen and oxygen atoms in total. The van der Waals surface area contributed by atoms with Crippen LogP contribution in [-0.2, 0) is 4.79 Å². The van der Waals surface area contributed by atoms with Gasteiger partial charge in [0.2, 0.25) is 0 Å². The highest BCUT2D eigenvalue weighted by molar-refractivity contribution is 5.77. The molecule has 1 aromatic heterocycles. The zero-order valence-electron chi connectivity index (χ0n) is 8.44. The van der Waals surface area contributed by atoms with E-state index in [1.54, 1.807) is 0 Å². The summed E-state index contributed by atoms with van der Waals surface area (Å²) in [6, 6.07) is 1.81. The van der Waals surface area contributed by atoms with Crippen LogP contribution in [0.1, 0.15) is 31.2 Å². The maximum Gasteiger partial charge on any atom is 0.307 e. The van der Waals surface area contributed by atoms with Crippen molar-refractivity contribution in [3.05, 3.63) is 17.5 Å². The topological polar surface area (TPSA) is 63.3 Å². The van der Waals surface area contributed by atoms with Crippen molar-refractivity contribution in [2.45, 2.75) is 26.7 Å². The summed E-state index contributed by atoms with van der Waals surface area (Å²) in [7, 11) is 0. The minimum atomic E-state index is -0.749. The van der Waals surface area contributed by atoms with Crippen LogP contribution in [0.15, 0.2) is 10.6 Å². The SMILES string of the molecule is Cc1cc([C@@H]2[C@@H](C(=O)O)C2(C)C)no1. The van der Waals surface area contributed by atoms with Crippen LogP contribution in [0.2, 0.25) is 0 Å². The number of aliphatic carboxylic acids is 1. The molecule has 2 rings (SSSR count). The van der Waals surface area contributed by atoms with E-state index in [-0.39, 0.29) is 17.3 Å². The molecule has 14 heavy (non-hydrogen) atoms. The number of nitrogens with zero attached hydrogens (tertiary/aromatic N) is 1. The van der Waals surface area contributed by atoms with Gasteiger partial charge in [0.05, 0.1) is 11.6 Å². The Bertz CT molecular complexity index is 380. The van der Waals surface area contributed by atoms with E-state index in [9.17, 15) is 4.79 Å². The third-order valence-corrected chi connectivity index (χ3v) is 3.06. The molecule has 0 bridgehead atoms. The molecule has 0 aliphatic heterocycles. The monoisotopic (exact) mass is 195 g/mol. The molecular weight excluding hydrogens is 182 g/mol. The van der Waals surface area contributed by atoms with Crippen molar-refractivity contribution in [3.8, 4) is 0 Å². The Kier molecular flexibility index (Phi) is 1.71. The van der Waals surface area contributed by atoms with E-state index in [1.807, 2.05) is 26.8 Å². The largest absolute Gasteiger partial charge is 0.481 e. The van der Waals surface area contributed by atoms with E-state index >= 15 is 0 Å². The van der Waals surface area contributed by atoms with Crippen LogP contribution in [-0.4, -0.2) is 16.2 Å². The minimum Gasteiger partial charge on any atom is -0.481 e. The van der Waals surface area contributed by atoms with Gasteiger partial charge in [-0.3, -0.25) is 4.79 Å². The lowest BCUT2D eigenvalue weighted by Crippen LogP contribution is -2.03. The van der Waals surface area contributed by atoms with Gasteiger partial charge in [0.15, 0.2) is 0 Å². The van der Waals surface area contributed by atoms with Gasteiger partial charge in [0, 0.05) is 12.0 Å². The first-order valence-corrected chi connectivity index (χ1v) is 4.60. The van der Waals surface area contributed by atoms with Crippen LogP contribution in [0, 0.1) is 18.3 Å². The molecule has 0 saturated heterocycles. The lowest BCUT2D eigenvalue weighted by Gasteiger charge is -1.96. The highest BCUT2D eigenvalue weighted by Gasteiger charge is 2.64. The van der Waals surface area contributed by atoms with Gasteiger partial charge in [-0.25, -0.2) is 0 Å². The molecule has 1 heterocycles. The van der Waals surface area contributed by atoms with Gasteiger partial charge in [0.1, 0.15) is 5.76 Å². The average Bonchev–Trinajstić information content (AvgIpc) is 2.42. The predicted octanol–water partition coefficient (Wildman–Crippen LogP) is 1.81. The maximum atomic E-state index is 10.9.